The summed E-state index contributed by atoms with van der Waals surface area (Å²) in [5.74, 6) is 1.00. The van der Waals surface area contributed by atoms with Crippen molar-refractivity contribution in [1.29, 1.82) is 5.26 Å². The standard InChI is InChI=1S/C13H16FN3.C7H11N3O3/c14-12-1-2-13(11(7-12)9-16)17-5-3-10(8-15)4-6-17;1-4-8-9-7(10(4)2)6(13)5(12)3-11/h1-2,7,10H,3-6,8,15H2;3,5-6,12-13H,1-2H3/t;5-,6+/m.0/s1. The SMILES string of the molecule is Cc1nnc([C@H](O)[C@@H](O)C=O)n1C.N#Cc1cc(F)ccc1N1CCC(CN)CC1. The first kappa shape index (κ1) is 23.4. The maximum absolute atomic E-state index is 13.0. The molecule has 2 atom stereocenters. The van der Waals surface area contributed by atoms with E-state index in [0.29, 0.717) is 17.3 Å². The van der Waals surface area contributed by atoms with Gasteiger partial charge in [0.05, 0.1) is 11.3 Å². The van der Waals surface area contributed by atoms with Crippen molar-refractivity contribution in [1.82, 2.24) is 14.8 Å². The minimum Gasteiger partial charge on any atom is -0.382 e. The predicted molar refractivity (Wildman–Crippen MR) is 108 cm³/mol. The van der Waals surface area contributed by atoms with E-state index in [0.717, 1.165) is 38.2 Å². The number of aliphatic hydroxyl groups excluding tert-OH is 2. The Morgan fingerprint density at radius 3 is 2.53 bits per heavy atom. The number of aromatic nitrogens is 3. The first-order valence-corrected chi connectivity index (χ1v) is 9.64. The molecule has 3 rings (SSSR count). The third-order valence-corrected chi connectivity index (χ3v) is 5.22. The third kappa shape index (κ3) is 5.60. The molecule has 0 amide bonds. The normalized spacial score (nSPS) is 16.2. The second-order valence-corrected chi connectivity index (χ2v) is 7.18. The molecular formula is C20H27FN6O3. The van der Waals surface area contributed by atoms with Gasteiger partial charge in [0.1, 0.15) is 29.9 Å². The molecule has 1 aromatic heterocycles. The lowest BCUT2D eigenvalue weighted by molar-refractivity contribution is -0.120. The van der Waals surface area contributed by atoms with Crippen LogP contribution in [0.1, 0.15) is 36.2 Å². The smallest absolute Gasteiger partial charge is 0.164 e. The van der Waals surface area contributed by atoms with Crippen LogP contribution in [-0.2, 0) is 11.8 Å². The summed E-state index contributed by atoms with van der Waals surface area (Å²) in [6.45, 7) is 4.21. The predicted octanol–water partition coefficient (Wildman–Crippen LogP) is 0.589. The van der Waals surface area contributed by atoms with Gasteiger partial charge in [-0.05, 0) is 50.4 Å². The number of piperidine rings is 1. The van der Waals surface area contributed by atoms with Crippen molar-refractivity contribution in [3.8, 4) is 6.07 Å². The van der Waals surface area contributed by atoms with Crippen LogP contribution >= 0.6 is 0 Å². The van der Waals surface area contributed by atoms with E-state index in [1.165, 1.54) is 16.7 Å². The molecular weight excluding hydrogens is 391 g/mol. The number of halogens is 1. The summed E-state index contributed by atoms with van der Waals surface area (Å²) in [4.78, 5) is 12.3. The van der Waals surface area contributed by atoms with Gasteiger partial charge in [-0.2, -0.15) is 5.26 Å². The molecule has 0 saturated carbocycles. The molecule has 1 fully saturated rings. The van der Waals surface area contributed by atoms with Crippen LogP contribution in [-0.4, -0.2) is 57.0 Å². The second-order valence-electron chi connectivity index (χ2n) is 7.18. The second kappa shape index (κ2) is 10.8. The van der Waals surface area contributed by atoms with Gasteiger partial charge >= 0.3 is 0 Å². The number of nitriles is 1. The van der Waals surface area contributed by atoms with Crippen molar-refractivity contribution >= 4 is 12.0 Å². The van der Waals surface area contributed by atoms with E-state index in [9.17, 15) is 14.3 Å². The molecule has 2 aromatic rings. The van der Waals surface area contributed by atoms with Gasteiger partial charge in [-0.3, -0.25) is 0 Å². The zero-order valence-electron chi connectivity index (χ0n) is 17.1. The summed E-state index contributed by atoms with van der Waals surface area (Å²) in [6.07, 6.45) is -0.433. The quantitative estimate of drug-likeness (QED) is 0.599. The molecule has 0 bridgehead atoms. The Balaban J connectivity index is 0.000000222. The molecule has 1 aliphatic heterocycles. The van der Waals surface area contributed by atoms with Crippen molar-refractivity contribution < 1.29 is 19.4 Å². The van der Waals surface area contributed by atoms with Crippen LogP contribution in [0.5, 0.6) is 0 Å². The number of aldehydes is 1. The fourth-order valence-corrected chi connectivity index (χ4v) is 3.19. The first-order chi connectivity index (χ1) is 14.3. The average molecular weight is 418 g/mol. The lowest BCUT2D eigenvalue weighted by atomic mass is 9.96. The minimum absolute atomic E-state index is 0.178. The highest BCUT2D eigenvalue weighted by Gasteiger charge is 2.23. The third-order valence-electron chi connectivity index (χ3n) is 5.22. The fraction of sp³-hybridized carbons (Fsp3) is 0.500. The number of aryl methyl sites for hydroxylation is 1. The molecule has 4 N–H and O–H groups in total. The number of anilines is 1. The highest BCUT2D eigenvalue weighted by molar-refractivity contribution is 5.59. The van der Waals surface area contributed by atoms with Crippen LogP contribution in [0.4, 0.5) is 10.1 Å². The Labute approximate surface area is 174 Å². The van der Waals surface area contributed by atoms with Gasteiger partial charge in [-0.15, -0.1) is 10.2 Å². The summed E-state index contributed by atoms with van der Waals surface area (Å²) < 4.78 is 14.5. The molecule has 1 aromatic carbocycles. The number of rotatable bonds is 5. The monoisotopic (exact) mass is 418 g/mol. The molecule has 0 unspecified atom stereocenters. The molecule has 1 aliphatic rings. The van der Waals surface area contributed by atoms with Gasteiger partial charge in [-0.25, -0.2) is 4.39 Å². The molecule has 0 spiro atoms. The van der Waals surface area contributed by atoms with E-state index < -0.39 is 12.2 Å². The first-order valence-electron chi connectivity index (χ1n) is 9.64. The van der Waals surface area contributed by atoms with Crippen molar-refractivity contribution in [3.05, 3.63) is 41.2 Å². The van der Waals surface area contributed by atoms with Gasteiger partial charge in [-0.1, -0.05) is 0 Å². The summed E-state index contributed by atoms with van der Waals surface area (Å²) in [7, 11) is 1.64. The summed E-state index contributed by atoms with van der Waals surface area (Å²) in [5, 5.41) is 34.7. The van der Waals surface area contributed by atoms with Gasteiger partial charge in [0.15, 0.2) is 12.1 Å². The zero-order valence-corrected chi connectivity index (χ0v) is 17.1. The largest absolute Gasteiger partial charge is 0.382 e. The Bertz CT molecular complexity index is 889. The molecule has 162 valence electrons. The maximum atomic E-state index is 13.0. The molecule has 2 heterocycles. The van der Waals surface area contributed by atoms with Crippen LogP contribution < -0.4 is 10.6 Å². The van der Waals surface area contributed by atoms with Crippen LogP contribution in [0, 0.1) is 30.0 Å². The Morgan fingerprint density at radius 2 is 2.03 bits per heavy atom. The van der Waals surface area contributed by atoms with Crippen molar-refractivity contribution in [3.63, 3.8) is 0 Å². The Hall–Kier alpha value is -2.87. The molecule has 9 nitrogen and oxygen atoms in total. The number of carbonyl (C=O) groups excluding carboxylic acids is 1. The number of aliphatic hydroxyl groups is 2. The number of hydrogen-bond donors (Lipinski definition) is 3. The molecule has 0 radical (unpaired) electrons. The maximum Gasteiger partial charge on any atom is 0.164 e. The number of benzene rings is 1. The number of carbonyl (C=O) groups is 1. The fourth-order valence-electron chi connectivity index (χ4n) is 3.19. The molecule has 1 saturated heterocycles. The van der Waals surface area contributed by atoms with Gasteiger partial charge < -0.3 is 30.2 Å². The van der Waals surface area contributed by atoms with Crippen LogP contribution in [0.25, 0.3) is 0 Å². The summed E-state index contributed by atoms with van der Waals surface area (Å²) >= 11 is 0. The van der Waals surface area contributed by atoms with Crippen LogP contribution in [0.2, 0.25) is 0 Å². The molecule has 0 aliphatic carbocycles. The van der Waals surface area contributed by atoms with E-state index >= 15 is 0 Å². The minimum atomic E-state index is -1.46. The van der Waals surface area contributed by atoms with E-state index in [1.54, 1.807) is 20.0 Å². The van der Waals surface area contributed by atoms with E-state index in [1.807, 2.05) is 0 Å². The number of nitrogens with zero attached hydrogens (tertiary/aromatic N) is 5. The average Bonchev–Trinajstić information content (AvgIpc) is 3.11. The Morgan fingerprint density at radius 1 is 1.37 bits per heavy atom. The van der Waals surface area contributed by atoms with Gasteiger partial charge in [0.2, 0.25) is 0 Å². The highest BCUT2D eigenvalue weighted by Crippen LogP contribution is 2.26. The van der Waals surface area contributed by atoms with Gasteiger partial charge in [0.25, 0.3) is 0 Å². The van der Waals surface area contributed by atoms with Crippen molar-refractivity contribution in [2.75, 3.05) is 24.5 Å². The highest BCUT2D eigenvalue weighted by atomic mass is 19.1. The molecule has 30 heavy (non-hydrogen) atoms. The lowest BCUT2D eigenvalue weighted by Gasteiger charge is -2.33. The van der Waals surface area contributed by atoms with Gasteiger partial charge in [0, 0.05) is 20.1 Å². The molecule has 10 heteroatoms. The van der Waals surface area contributed by atoms with E-state index in [-0.39, 0.29) is 17.9 Å². The van der Waals surface area contributed by atoms with Crippen LogP contribution in [0.15, 0.2) is 18.2 Å². The topological polar surface area (TPSA) is 141 Å². The zero-order chi connectivity index (χ0) is 22.3. The Kier molecular flexibility index (Phi) is 8.41. The number of nitrogens with two attached hydrogens (primary N) is 1. The lowest BCUT2D eigenvalue weighted by Crippen LogP contribution is -2.36. The van der Waals surface area contributed by atoms with Crippen molar-refractivity contribution in [2.45, 2.75) is 32.0 Å². The van der Waals surface area contributed by atoms with Crippen molar-refractivity contribution in [2.24, 2.45) is 18.7 Å². The summed E-state index contributed by atoms with van der Waals surface area (Å²) in [6, 6.07) is 6.45. The van der Waals surface area contributed by atoms with E-state index in [2.05, 4.69) is 21.2 Å². The van der Waals surface area contributed by atoms with E-state index in [4.69, 9.17) is 16.1 Å². The van der Waals surface area contributed by atoms with Crippen LogP contribution in [0.3, 0.4) is 0 Å². The summed E-state index contributed by atoms with van der Waals surface area (Å²) in [5.41, 5.74) is 6.89. The number of hydrogen-bond acceptors (Lipinski definition) is 8.